The van der Waals surface area contributed by atoms with Crippen LogP contribution >= 0.6 is 0 Å². The van der Waals surface area contributed by atoms with Gasteiger partial charge in [-0.25, -0.2) is 14.4 Å². The van der Waals surface area contributed by atoms with Crippen molar-refractivity contribution in [3.05, 3.63) is 42.5 Å². The smallest absolute Gasteiger partial charge is 0.227 e. The van der Waals surface area contributed by atoms with Crippen LogP contribution in [0.15, 0.2) is 36.7 Å². The fourth-order valence-corrected chi connectivity index (χ4v) is 1.12. The molecule has 0 atom stereocenters. The molecule has 1 aromatic heterocycles. The lowest BCUT2D eigenvalue weighted by molar-refractivity contribution is 0.614. The van der Waals surface area contributed by atoms with Crippen molar-refractivity contribution in [1.29, 1.82) is 0 Å². The van der Waals surface area contributed by atoms with Gasteiger partial charge >= 0.3 is 0 Å². The largest absolute Gasteiger partial charge is 0.399 e. The molecule has 1 aromatic carbocycles. The monoisotopic (exact) mass is 204 g/mol. The maximum Gasteiger partial charge on any atom is 0.227 e. The molecular formula is C10H9FN4. The van der Waals surface area contributed by atoms with Gasteiger partial charge in [-0.2, -0.15) is 0 Å². The summed E-state index contributed by atoms with van der Waals surface area (Å²) in [5.41, 5.74) is 7.00. The molecule has 3 N–H and O–H groups in total. The molecule has 4 nitrogen and oxygen atoms in total. The third-order valence-electron chi connectivity index (χ3n) is 1.76. The highest BCUT2D eigenvalue weighted by Crippen LogP contribution is 2.15. The van der Waals surface area contributed by atoms with Crippen LogP contribution in [0.5, 0.6) is 0 Å². The van der Waals surface area contributed by atoms with E-state index in [0.717, 1.165) is 18.1 Å². The zero-order valence-electron chi connectivity index (χ0n) is 7.81. The molecule has 0 amide bonds. The molecule has 0 aliphatic heterocycles. The summed E-state index contributed by atoms with van der Waals surface area (Å²) in [4.78, 5) is 7.53. The quantitative estimate of drug-likeness (QED) is 0.734. The predicted molar refractivity (Wildman–Crippen MR) is 56.1 cm³/mol. The summed E-state index contributed by atoms with van der Waals surface area (Å²) in [5, 5.41) is 2.90. The number of nitrogens with one attached hydrogen (secondary N) is 1. The van der Waals surface area contributed by atoms with Gasteiger partial charge < -0.3 is 11.1 Å². The summed E-state index contributed by atoms with van der Waals surface area (Å²) in [5.74, 6) is -0.130. The number of hydrogen-bond acceptors (Lipinski definition) is 4. The van der Waals surface area contributed by atoms with E-state index in [-0.39, 0.29) is 0 Å². The van der Waals surface area contributed by atoms with E-state index < -0.39 is 5.82 Å². The normalized spacial score (nSPS) is 9.93. The average molecular weight is 204 g/mol. The summed E-state index contributed by atoms with van der Waals surface area (Å²) in [6.07, 6.45) is 2.20. The molecule has 0 saturated carbocycles. The SMILES string of the molecule is Nc1cccc(Nc2ncc(F)cn2)c1. The van der Waals surface area contributed by atoms with E-state index in [1.54, 1.807) is 18.2 Å². The van der Waals surface area contributed by atoms with E-state index in [9.17, 15) is 4.39 Å². The Kier molecular flexibility index (Phi) is 2.45. The number of aromatic nitrogens is 2. The number of nitrogens with zero attached hydrogens (tertiary/aromatic N) is 2. The molecule has 2 rings (SSSR count). The van der Waals surface area contributed by atoms with Crippen molar-refractivity contribution in [2.24, 2.45) is 0 Å². The van der Waals surface area contributed by atoms with Gasteiger partial charge in [0.2, 0.25) is 5.95 Å². The van der Waals surface area contributed by atoms with E-state index >= 15 is 0 Å². The third-order valence-corrected chi connectivity index (χ3v) is 1.76. The first-order valence-corrected chi connectivity index (χ1v) is 4.34. The van der Waals surface area contributed by atoms with Gasteiger partial charge in [-0.1, -0.05) is 6.07 Å². The molecule has 5 heteroatoms. The molecule has 0 aliphatic rings. The molecule has 76 valence electrons. The molecule has 0 aliphatic carbocycles. The highest BCUT2D eigenvalue weighted by atomic mass is 19.1. The molecule has 0 radical (unpaired) electrons. The van der Waals surface area contributed by atoms with E-state index in [0.29, 0.717) is 11.6 Å². The first kappa shape index (κ1) is 9.39. The zero-order chi connectivity index (χ0) is 10.7. The number of benzene rings is 1. The van der Waals surface area contributed by atoms with Gasteiger partial charge in [0, 0.05) is 11.4 Å². The van der Waals surface area contributed by atoms with Gasteiger partial charge in [0.05, 0.1) is 12.4 Å². The topological polar surface area (TPSA) is 63.8 Å². The standard InChI is InChI=1S/C10H9FN4/c11-7-5-13-10(14-6-7)15-9-3-1-2-8(12)4-9/h1-6H,12H2,(H,13,14,15). The molecular weight excluding hydrogens is 195 g/mol. The Labute approximate surface area is 86.0 Å². The zero-order valence-corrected chi connectivity index (χ0v) is 7.81. The number of hydrogen-bond donors (Lipinski definition) is 2. The van der Waals surface area contributed by atoms with Gasteiger partial charge in [-0.3, -0.25) is 0 Å². The van der Waals surface area contributed by atoms with E-state index in [1.807, 2.05) is 6.07 Å². The minimum Gasteiger partial charge on any atom is -0.399 e. The Hall–Kier alpha value is -2.17. The van der Waals surface area contributed by atoms with Crippen LogP contribution in [0.4, 0.5) is 21.7 Å². The van der Waals surface area contributed by atoms with Crippen LogP contribution in [0.3, 0.4) is 0 Å². The van der Waals surface area contributed by atoms with Gasteiger partial charge in [0.15, 0.2) is 5.82 Å². The maximum absolute atomic E-state index is 12.5. The highest BCUT2D eigenvalue weighted by Gasteiger charge is 1.97. The first-order valence-electron chi connectivity index (χ1n) is 4.34. The number of anilines is 3. The van der Waals surface area contributed by atoms with Crippen molar-refractivity contribution in [2.75, 3.05) is 11.1 Å². The van der Waals surface area contributed by atoms with Crippen molar-refractivity contribution in [3.8, 4) is 0 Å². The fourth-order valence-electron chi connectivity index (χ4n) is 1.12. The first-order chi connectivity index (χ1) is 7.24. The number of halogens is 1. The molecule has 0 saturated heterocycles. The van der Waals surface area contributed by atoms with Crippen molar-refractivity contribution >= 4 is 17.3 Å². The summed E-state index contributed by atoms with van der Waals surface area (Å²) in [6, 6.07) is 7.15. The fraction of sp³-hybridized carbons (Fsp3) is 0. The third kappa shape index (κ3) is 2.40. The van der Waals surface area contributed by atoms with Crippen LogP contribution in [0.1, 0.15) is 0 Å². The number of rotatable bonds is 2. The van der Waals surface area contributed by atoms with Gasteiger partial charge in [-0.05, 0) is 18.2 Å². The lowest BCUT2D eigenvalue weighted by Gasteiger charge is -2.04. The van der Waals surface area contributed by atoms with Crippen LogP contribution in [0.2, 0.25) is 0 Å². The van der Waals surface area contributed by atoms with Crippen LogP contribution in [-0.4, -0.2) is 9.97 Å². The Morgan fingerprint density at radius 2 is 1.93 bits per heavy atom. The van der Waals surface area contributed by atoms with Gasteiger partial charge in [0.1, 0.15) is 0 Å². The Balaban J connectivity index is 2.18. The van der Waals surface area contributed by atoms with E-state index in [4.69, 9.17) is 5.73 Å². The minimum atomic E-state index is -0.465. The van der Waals surface area contributed by atoms with E-state index in [1.165, 1.54) is 0 Å². The second-order valence-corrected chi connectivity index (χ2v) is 2.98. The van der Waals surface area contributed by atoms with Crippen molar-refractivity contribution in [2.45, 2.75) is 0 Å². The summed E-state index contributed by atoms with van der Waals surface area (Å²) < 4.78 is 12.5. The molecule has 0 unspecified atom stereocenters. The van der Waals surface area contributed by atoms with Crippen LogP contribution in [0.25, 0.3) is 0 Å². The lowest BCUT2D eigenvalue weighted by Crippen LogP contribution is -1.97. The van der Waals surface area contributed by atoms with E-state index in [2.05, 4.69) is 15.3 Å². The lowest BCUT2D eigenvalue weighted by atomic mass is 10.3. The maximum atomic E-state index is 12.5. The minimum absolute atomic E-state index is 0.335. The highest BCUT2D eigenvalue weighted by molar-refractivity contribution is 5.59. The predicted octanol–water partition coefficient (Wildman–Crippen LogP) is 1.94. The van der Waals surface area contributed by atoms with Crippen molar-refractivity contribution in [3.63, 3.8) is 0 Å². The summed E-state index contributed by atoms with van der Waals surface area (Å²) in [6.45, 7) is 0. The van der Waals surface area contributed by atoms with Gasteiger partial charge in [0.25, 0.3) is 0 Å². The Morgan fingerprint density at radius 3 is 2.60 bits per heavy atom. The average Bonchev–Trinajstić information content (AvgIpc) is 2.22. The van der Waals surface area contributed by atoms with Crippen molar-refractivity contribution < 1.29 is 4.39 Å². The number of nitrogens with two attached hydrogens (primary N) is 1. The van der Waals surface area contributed by atoms with Crippen molar-refractivity contribution in [1.82, 2.24) is 9.97 Å². The second-order valence-electron chi connectivity index (χ2n) is 2.98. The van der Waals surface area contributed by atoms with Gasteiger partial charge in [-0.15, -0.1) is 0 Å². The molecule has 15 heavy (non-hydrogen) atoms. The molecule has 0 bridgehead atoms. The molecule has 0 fully saturated rings. The Morgan fingerprint density at radius 1 is 1.20 bits per heavy atom. The van der Waals surface area contributed by atoms with Crippen LogP contribution in [-0.2, 0) is 0 Å². The summed E-state index contributed by atoms with van der Waals surface area (Å²) in [7, 11) is 0. The van der Waals surface area contributed by atoms with Crippen LogP contribution in [0, 0.1) is 5.82 Å². The van der Waals surface area contributed by atoms with Crippen LogP contribution < -0.4 is 11.1 Å². The Bertz CT molecular complexity index is 455. The molecule has 2 aromatic rings. The summed E-state index contributed by atoms with van der Waals surface area (Å²) >= 11 is 0. The molecule has 0 spiro atoms. The number of nitrogen functional groups attached to an aromatic ring is 1. The second kappa shape index (κ2) is 3.91. The molecule has 1 heterocycles.